The molecular formula is C25H32ClN7O3. The summed E-state index contributed by atoms with van der Waals surface area (Å²) in [4.78, 5) is 28.9. The number of ether oxygens (including phenoxy) is 2. The lowest BCUT2D eigenvalue weighted by molar-refractivity contribution is 0.112. The van der Waals surface area contributed by atoms with E-state index in [1.807, 2.05) is 26.2 Å². The Morgan fingerprint density at radius 3 is 2.33 bits per heavy atom. The van der Waals surface area contributed by atoms with E-state index >= 15 is 0 Å². The number of halogens is 1. The summed E-state index contributed by atoms with van der Waals surface area (Å²) in [5.41, 5.74) is 1.89. The van der Waals surface area contributed by atoms with Crippen LogP contribution in [0.3, 0.4) is 0 Å². The number of nitrogens with one attached hydrogen (secondary N) is 2. The molecule has 0 amide bonds. The number of hydrogen-bond acceptors (Lipinski definition) is 10. The Morgan fingerprint density at radius 2 is 1.75 bits per heavy atom. The van der Waals surface area contributed by atoms with Crippen LogP contribution in [0, 0.1) is 0 Å². The normalized spacial score (nSPS) is 13.4. The molecule has 1 fully saturated rings. The van der Waals surface area contributed by atoms with Gasteiger partial charge in [0.2, 0.25) is 5.95 Å². The number of rotatable bonds is 8. The van der Waals surface area contributed by atoms with E-state index in [1.165, 1.54) is 7.11 Å². The molecular weight excluding hydrogens is 482 g/mol. The number of aldehydes is 1. The molecule has 10 nitrogen and oxygen atoms in total. The van der Waals surface area contributed by atoms with Crippen molar-refractivity contribution in [3.8, 4) is 11.5 Å². The van der Waals surface area contributed by atoms with Gasteiger partial charge in [-0.05, 0) is 45.4 Å². The highest BCUT2D eigenvalue weighted by Gasteiger charge is 2.15. The molecule has 1 aliphatic heterocycles. The molecule has 0 spiro atoms. The highest BCUT2D eigenvalue weighted by molar-refractivity contribution is 6.33. The maximum Gasteiger partial charge on any atom is 0.227 e. The fraction of sp³-hybridized carbons (Fsp3) is 0.360. The monoisotopic (exact) mass is 513 g/mol. The Balaban J connectivity index is 0.00000115. The first-order valence-corrected chi connectivity index (χ1v) is 11.9. The van der Waals surface area contributed by atoms with E-state index in [4.69, 9.17) is 21.1 Å². The van der Waals surface area contributed by atoms with Crippen LogP contribution in [0.5, 0.6) is 11.5 Å². The number of likely N-dealkylation sites (N-methyl/N-ethyl adjacent to an activating group) is 1. The van der Waals surface area contributed by atoms with Gasteiger partial charge < -0.3 is 29.9 Å². The molecule has 0 atom stereocenters. The van der Waals surface area contributed by atoms with Crippen molar-refractivity contribution in [2.75, 3.05) is 64.6 Å². The van der Waals surface area contributed by atoms with Crippen LogP contribution in [-0.2, 0) is 6.61 Å². The predicted octanol–water partition coefficient (Wildman–Crippen LogP) is 3.26. The van der Waals surface area contributed by atoms with E-state index < -0.39 is 0 Å². The van der Waals surface area contributed by atoms with Gasteiger partial charge in [0.1, 0.15) is 24.5 Å². The minimum Gasteiger partial charge on any atom is -0.495 e. The summed E-state index contributed by atoms with van der Waals surface area (Å²) in [6.45, 7) is 4.15. The van der Waals surface area contributed by atoms with E-state index in [0.717, 1.165) is 44.0 Å². The van der Waals surface area contributed by atoms with Crippen LogP contribution >= 0.6 is 11.6 Å². The van der Waals surface area contributed by atoms with Crippen LogP contribution in [0.4, 0.5) is 17.5 Å². The second-order valence-corrected chi connectivity index (χ2v) is 8.54. The Labute approximate surface area is 216 Å². The average Bonchev–Trinajstić information content (AvgIpc) is 2.90. The van der Waals surface area contributed by atoms with Crippen LogP contribution in [-0.4, -0.2) is 80.6 Å². The topological polar surface area (TPSA) is 105 Å². The van der Waals surface area contributed by atoms with Gasteiger partial charge in [-0.2, -0.15) is 0 Å². The van der Waals surface area contributed by atoms with E-state index in [0.29, 0.717) is 33.6 Å². The van der Waals surface area contributed by atoms with Crippen LogP contribution in [0.25, 0.3) is 0 Å². The van der Waals surface area contributed by atoms with Crippen LogP contribution in [0.2, 0.25) is 5.02 Å². The Morgan fingerprint density at radius 1 is 1.06 bits per heavy atom. The number of aromatic nitrogens is 3. The molecule has 0 saturated carbocycles. The number of pyridine rings is 1. The van der Waals surface area contributed by atoms with Crippen LogP contribution in [0.1, 0.15) is 15.9 Å². The van der Waals surface area contributed by atoms with Gasteiger partial charge in [-0.1, -0.05) is 11.6 Å². The molecule has 0 unspecified atom stereocenters. The van der Waals surface area contributed by atoms with E-state index in [1.54, 1.807) is 30.7 Å². The van der Waals surface area contributed by atoms with Crippen molar-refractivity contribution in [1.29, 1.82) is 0 Å². The lowest BCUT2D eigenvalue weighted by atomic mass is 10.1. The van der Waals surface area contributed by atoms with Crippen molar-refractivity contribution < 1.29 is 14.3 Å². The predicted molar refractivity (Wildman–Crippen MR) is 142 cm³/mol. The van der Waals surface area contributed by atoms with Crippen molar-refractivity contribution in [2.24, 2.45) is 0 Å². The number of anilines is 3. The van der Waals surface area contributed by atoms with Gasteiger partial charge >= 0.3 is 0 Å². The highest BCUT2D eigenvalue weighted by Crippen LogP contribution is 2.30. The zero-order chi connectivity index (χ0) is 25.9. The van der Waals surface area contributed by atoms with Gasteiger partial charge in [0.05, 0.1) is 36.4 Å². The third-order valence-electron chi connectivity index (χ3n) is 5.35. The molecule has 0 aliphatic carbocycles. The summed E-state index contributed by atoms with van der Waals surface area (Å²) in [6, 6.07) is 7.20. The standard InChI is InChI=1S/C23H25ClN6O3.C2H7N/c1-29-5-7-30(8-6-29)21-4-3-18(11-25-21)28-23-26-12-19(13-27-23)33-15-17-9-16(14-31)10-20(32-2)22(17)24;1-3-2/h3-4,9-14H,5-8,15H2,1-2H3,(H,26,27,28);3H,1-2H3. The lowest BCUT2D eigenvalue weighted by Crippen LogP contribution is -2.44. The zero-order valence-corrected chi connectivity index (χ0v) is 21.7. The molecule has 3 aromatic rings. The first kappa shape index (κ1) is 27.1. The van der Waals surface area contributed by atoms with Gasteiger partial charge in [-0.15, -0.1) is 0 Å². The third kappa shape index (κ3) is 7.51. The summed E-state index contributed by atoms with van der Waals surface area (Å²) in [7, 11) is 7.38. The summed E-state index contributed by atoms with van der Waals surface area (Å²) < 4.78 is 10.9. The maximum atomic E-state index is 11.1. The quantitative estimate of drug-likeness (QED) is 0.436. The molecule has 4 rings (SSSR count). The van der Waals surface area contributed by atoms with Gasteiger partial charge in [0.25, 0.3) is 0 Å². The number of carbonyl (C=O) groups excluding carboxylic acids is 1. The molecule has 1 aromatic carbocycles. The fourth-order valence-corrected chi connectivity index (χ4v) is 3.67. The van der Waals surface area contributed by atoms with Gasteiger partial charge in [0.15, 0.2) is 5.75 Å². The van der Waals surface area contributed by atoms with E-state index in [9.17, 15) is 4.79 Å². The molecule has 2 aromatic heterocycles. The lowest BCUT2D eigenvalue weighted by Gasteiger charge is -2.33. The van der Waals surface area contributed by atoms with E-state index in [2.05, 4.69) is 42.4 Å². The Hall–Kier alpha value is -3.47. The van der Waals surface area contributed by atoms with Crippen LogP contribution in [0.15, 0.2) is 42.9 Å². The molecule has 1 saturated heterocycles. The summed E-state index contributed by atoms with van der Waals surface area (Å²) in [5, 5.41) is 6.29. The molecule has 2 N–H and O–H groups in total. The SMILES string of the molecule is CNC.COc1cc(C=O)cc(COc2cnc(Nc3ccc(N4CCN(C)CC4)nc3)nc2)c1Cl. The first-order chi connectivity index (χ1) is 17.5. The Bertz CT molecular complexity index is 1110. The molecule has 1 aliphatic rings. The fourth-order valence-electron chi connectivity index (χ4n) is 3.43. The first-order valence-electron chi connectivity index (χ1n) is 11.5. The average molecular weight is 514 g/mol. The molecule has 11 heteroatoms. The molecule has 192 valence electrons. The second kappa shape index (κ2) is 13.6. The van der Waals surface area contributed by atoms with Crippen molar-refractivity contribution >= 4 is 35.3 Å². The zero-order valence-electron chi connectivity index (χ0n) is 21.0. The second-order valence-electron chi connectivity index (χ2n) is 8.17. The van der Waals surface area contributed by atoms with Crippen molar-refractivity contribution in [3.05, 3.63) is 59.0 Å². The molecule has 0 radical (unpaired) electrons. The number of benzene rings is 1. The smallest absolute Gasteiger partial charge is 0.227 e. The number of methoxy groups -OCH3 is 1. The van der Waals surface area contributed by atoms with Crippen molar-refractivity contribution in [2.45, 2.75) is 6.61 Å². The minimum absolute atomic E-state index is 0.144. The number of hydrogen-bond donors (Lipinski definition) is 2. The number of carbonyl (C=O) groups is 1. The number of nitrogens with zero attached hydrogens (tertiary/aromatic N) is 5. The van der Waals surface area contributed by atoms with Crippen molar-refractivity contribution in [1.82, 2.24) is 25.2 Å². The summed E-state index contributed by atoms with van der Waals surface area (Å²) in [5.74, 6) is 2.28. The molecule has 36 heavy (non-hydrogen) atoms. The minimum atomic E-state index is 0.144. The molecule has 0 bridgehead atoms. The summed E-state index contributed by atoms with van der Waals surface area (Å²) >= 11 is 6.31. The van der Waals surface area contributed by atoms with Gasteiger partial charge in [0, 0.05) is 37.3 Å². The van der Waals surface area contributed by atoms with Crippen molar-refractivity contribution in [3.63, 3.8) is 0 Å². The summed E-state index contributed by atoms with van der Waals surface area (Å²) in [6.07, 6.45) is 5.64. The van der Waals surface area contributed by atoms with Gasteiger partial charge in [-0.25, -0.2) is 15.0 Å². The maximum absolute atomic E-state index is 11.1. The van der Waals surface area contributed by atoms with Crippen LogP contribution < -0.4 is 25.0 Å². The molecule has 3 heterocycles. The Kier molecular flexibility index (Phi) is 10.2. The highest BCUT2D eigenvalue weighted by atomic mass is 35.5. The van der Waals surface area contributed by atoms with Gasteiger partial charge in [-0.3, -0.25) is 4.79 Å². The largest absolute Gasteiger partial charge is 0.495 e. The van der Waals surface area contributed by atoms with E-state index in [-0.39, 0.29) is 6.61 Å². The number of piperazine rings is 1. The third-order valence-corrected chi connectivity index (χ3v) is 5.78.